The largest absolute Gasteiger partial charge is 1.00 e. The molecule has 2 aromatic rings. The third-order valence-corrected chi connectivity index (χ3v) is 1.40. The number of rotatable bonds is 0. The van der Waals surface area contributed by atoms with E-state index in [-0.39, 0.29) is 51.4 Å². The minimum atomic E-state index is 0. The molecule has 0 amide bonds. The fraction of sp³-hybridized carbons (Fsp3) is 0. The van der Waals surface area contributed by atoms with Gasteiger partial charge in [0.2, 0.25) is 0 Å². The summed E-state index contributed by atoms with van der Waals surface area (Å²) in [7, 11) is 0. The maximum atomic E-state index is 3.09. The molecule has 1 aromatic carbocycles. The summed E-state index contributed by atoms with van der Waals surface area (Å²) in [6.07, 6.45) is 1.93. The van der Waals surface area contributed by atoms with Crippen molar-refractivity contribution >= 4 is 10.9 Å². The summed E-state index contributed by atoms with van der Waals surface area (Å²) in [5.74, 6) is 0. The van der Waals surface area contributed by atoms with E-state index < -0.39 is 0 Å². The molecule has 1 heterocycles. The first-order chi connectivity index (χ1) is 4.47. The molecule has 0 saturated carbocycles. The molecule has 0 radical (unpaired) electrons. The van der Waals surface area contributed by atoms with Crippen LogP contribution in [0.15, 0.2) is 30.5 Å². The van der Waals surface area contributed by atoms with Gasteiger partial charge in [-0.1, -0.05) is 11.6 Å². The number of hydrogen-bond acceptors (Lipinski definition) is 0. The van der Waals surface area contributed by atoms with E-state index in [0.29, 0.717) is 0 Å². The summed E-state index contributed by atoms with van der Waals surface area (Å²) in [4.78, 5) is 3.09. The van der Waals surface area contributed by atoms with E-state index in [0.717, 1.165) is 5.52 Å². The minimum Gasteiger partial charge on any atom is -0.414 e. The Hall–Kier alpha value is 0.396. The summed E-state index contributed by atoms with van der Waals surface area (Å²) in [6, 6.07) is 10.9. The molecule has 44 valence electrons. The van der Waals surface area contributed by atoms with E-state index in [1.54, 1.807) is 0 Å². The average Bonchev–Trinajstić information content (AvgIpc) is 2.33. The van der Waals surface area contributed by atoms with Crippen LogP contribution < -0.4 is 51.4 Å². The van der Waals surface area contributed by atoms with Crippen LogP contribution in [0.1, 0.15) is 0 Å². The summed E-state index contributed by atoms with van der Waals surface area (Å²) in [5, 5.41) is 1.24. The van der Waals surface area contributed by atoms with Crippen molar-refractivity contribution < 1.29 is 51.4 Å². The summed E-state index contributed by atoms with van der Waals surface area (Å²) in [5.41, 5.74) is 1.15. The predicted molar refractivity (Wildman–Crippen MR) is 37.1 cm³/mol. The Balaban J connectivity index is 0.000000500. The van der Waals surface area contributed by atoms with Crippen LogP contribution in [-0.2, 0) is 0 Å². The Kier molecular flexibility index (Phi) is 3.13. The fourth-order valence-corrected chi connectivity index (χ4v) is 0.934. The van der Waals surface area contributed by atoms with Crippen molar-refractivity contribution in [2.24, 2.45) is 0 Å². The van der Waals surface area contributed by atoms with Gasteiger partial charge in [0.25, 0.3) is 0 Å². The van der Waals surface area contributed by atoms with Crippen LogP contribution in [0, 0.1) is 6.07 Å². The topological polar surface area (TPSA) is 15.8 Å². The number of aromatic amines is 1. The van der Waals surface area contributed by atoms with Crippen molar-refractivity contribution in [3.63, 3.8) is 0 Å². The van der Waals surface area contributed by atoms with Crippen molar-refractivity contribution in [3.8, 4) is 0 Å². The van der Waals surface area contributed by atoms with Gasteiger partial charge < -0.3 is 4.98 Å². The molecular weight excluding hydrogens is 149 g/mol. The Labute approximate surface area is 102 Å². The standard InChI is InChI=1S/C8H6N.K/c1-2-4-8-7(3-1)5-6-9-8;/h1,3-6,9H;/q-1;+1. The zero-order chi connectivity index (χ0) is 6.10. The van der Waals surface area contributed by atoms with Gasteiger partial charge in [-0.25, -0.2) is 0 Å². The quantitative estimate of drug-likeness (QED) is 0.370. The van der Waals surface area contributed by atoms with Gasteiger partial charge >= 0.3 is 51.4 Å². The molecule has 1 nitrogen and oxygen atoms in total. The van der Waals surface area contributed by atoms with Gasteiger partial charge in [0, 0.05) is 0 Å². The zero-order valence-corrected chi connectivity index (χ0v) is 9.01. The van der Waals surface area contributed by atoms with Crippen LogP contribution in [0.2, 0.25) is 0 Å². The number of H-pyrrole nitrogens is 1. The fourth-order valence-electron chi connectivity index (χ4n) is 0.934. The molecule has 0 aliphatic rings. The molecule has 0 aliphatic carbocycles. The molecule has 0 fully saturated rings. The van der Waals surface area contributed by atoms with Gasteiger partial charge in [0.05, 0.1) is 0 Å². The van der Waals surface area contributed by atoms with E-state index in [2.05, 4.69) is 11.1 Å². The van der Waals surface area contributed by atoms with Crippen LogP contribution in [-0.4, -0.2) is 4.98 Å². The van der Waals surface area contributed by atoms with Crippen LogP contribution in [0.25, 0.3) is 10.9 Å². The van der Waals surface area contributed by atoms with E-state index in [1.165, 1.54) is 5.39 Å². The second-order valence-electron chi connectivity index (χ2n) is 1.99. The molecule has 0 unspecified atom stereocenters. The first kappa shape index (κ1) is 8.49. The van der Waals surface area contributed by atoms with E-state index in [1.807, 2.05) is 30.5 Å². The minimum absolute atomic E-state index is 0. The number of nitrogens with one attached hydrogen (secondary N) is 1. The maximum Gasteiger partial charge on any atom is 1.00 e. The first-order valence-electron chi connectivity index (χ1n) is 2.90. The number of fused-ring (bicyclic) bond motifs is 1. The van der Waals surface area contributed by atoms with E-state index >= 15 is 0 Å². The van der Waals surface area contributed by atoms with Crippen LogP contribution in [0.4, 0.5) is 0 Å². The van der Waals surface area contributed by atoms with Crippen LogP contribution in [0.3, 0.4) is 0 Å². The van der Waals surface area contributed by atoms with Crippen molar-refractivity contribution in [1.29, 1.82) is 0 Å². The van der Waals surface area contributed by atoms with Gasteiger partial charge in [-0.15, -0.1) is 5.39 Å². The van der Waals surface area contributed by atoms with Crippen molar-refractivity contribution in [3.05, 3.63) is 36.5 Å². The number of benzene rings is 1. The third-order valence-electron chi connectivity index (χ3n) is 1.40. The van der Waals surface area contributed by atoms with Crippen LogP contribution in [0.5, 0.6) is 0 Å². The normalized spacial score (nSPS) is 9.20. The van der Waals surface area contributed by atoms with E-state index in [9.17, 15) is 0 Å². The van der Waals surface area contributed by atoms with Crippen LogP contribution >= 0.6 is 0 Å². The molecule has 1 N–H and O–H groups in total. The zero-order valence-electron chi connectivity index (χ0n) is 5.89. The van der Waals surface area contributed by atoms with Gasteiger partial charge in [-0.3, -0.25) is 0 Å². The number of aromatic nitrogens is 1. The average molecular weight is 155 g/mol. The molecule has 0 saturated heterocycles. The summed E-state index contributed by atoms with van der Waals surface area (Å²) >= 11 is 0. The van der Waals surface area contributed by atoms with Crippen molar-refractivity contribution in [2.45, 2.75) is 0 Å². The van der Waals surface area contributed by atoms with Gasteiger partial charge in [-0.05, 0) is 6.20 Å². The van der Waals surface area contributed by atoms with Gasteiger partial charge in [0.1, 0.15) is 0 Å². The summed E-state index contributed by atoms with van der Waals surface area (Å²) in [6.45, 7) is 0. The van der Waals surface area contributed by atoms with E-state index in [4.69, 9.17) is 0 Å². The Morgan fingerprint density at radius 2 is 2.20 bits per heavy atom. The molecule has 2 heteroatoms. The monoisotopic (exact) mass is 155 g/mol. The molecule has 1 aromatic heterocycles. The smallest absolute Gasteiger partial charge is 0.414 e. The molecule has 0 spiro atoms. The van der Waals surface area contributed by atoms with Crippen molar-refractivity contribution in [1.82, 2.24) is 4.98 Å². The molecule has 2 rings (SSSR count). The van der Waals surface area contributed by atoms with Gasteiger partial charge in [0.15, 0.2) is 0 Å². The first-order valence-corrected chi connectivity index (χ1v) is 2.90. The van der Waals surface area contributed by atoms with Crippen molar-refractivity contribution in [2.75, 3.05) is 0 Å². The molecule has 10 heavy (non-hydrogen) atoms. The molecule has 0 atom stereocenters. The second-order valence-corrected chi connectivity index (χ2v) is 1.99. The summed E-state index contributed by atoms with van der Waals surface area (Å²) < 4.78 is 0. The SMILES string of the molecule is [K+].[c-]1ccc2cc[nH]c2c1. The Morgan fingerprint density at radius 1 is 1.30 bits per heavy atom. The number of hydrogen-bond donors (Lipinski definition) is 1. The second kappa shape index (κ2) is 3.69. The Bertz CT molecular complexity index is 283. The third kappa shape index (κ3) is 1.52. The van der Waals surface area contributed by atoms with Gasteiger partial charge in [-0.2, -0.15) is 24.3 Å². The Morgan fingerprint density at radius 3 is 3.00 bits per heavy atom. The molecule has 0 bridgehead atoms. The molecular formula is C8H6KN. The maximum absolute atomic E-state index is 3.09. The predicted octanol–water partition coefficient (Wildman–Crippen LogP) is -1.03. The molecule has 0 aliphatic heterocycles.